The van der Waals surface area contributed by atoms with Crippen LogP contribution < -0.4 is 5.56 Å². The van der Waals surface area contributed by atoms with Gasteiger partial charge in [0.1, 0.15) is 0 Å². The van der Waals surface area contributed by atoms with Crippen molar-refractivity contribution in [1.29, 1.82) is 0 Å². The van der Waals surface area contributed by atoms with E-state index >= 15 is 0 Å². The fourth-order valence-electron chi connectivity index (χ4n) is 2.22. The largest absolute Gasteiger partial charge is 0.360 e. The van der Waals surface area contributed by atoms with Gasteiger partial charge in [-0.2, -0.15) is 0 Å². The van der Waals surface area contributed by atoms with E-state index in [1.54, 1.807) is 25.2 Å². The monoisotopic (exact) mass is 283 g/mol. The third-order valence-corrected chi connectivity index (χ3v) is 3.21. The summed E-state index contributed by atoms with van der Waals surface area (Å²) in [4.78, 5) is 28.4. The lowest BCUT2D eigenvalue weighted by molar-refractivity contribution is 0.0774. The van der Waals surface area contributed by atoms with Gasteiger partial charge in [-0.15, -0.1) is 0 Å². The lowest BCUT2D eigenvalue weighted by atomic mass is 10.1. The van der Waals surface area contributed by atoms with Crippen LogP contribution in [-0.4, -0.2) is 28.0 Å². The highest BCUT2D eigenvalue weighted by atomic mass is 16.5. The number of aromatic amines is 1. The van der Waals surface area contributed by atoms with Gasteiger partial charge in [0.2, 0.25) is 5.56 Å². The second-order valence-electron chi connectivity index (χ2n) is 4.73. The molecule has 6 heteroatoms. The number of nitrogens with zero attached hydrogens (tertiary/aromatic N) is 2. The Labute approximate surface area is 120 Å². The Morgan fingerprint density at radius 3 is 2.90 bits per heavy atom. The van der Waals surface area contributed by atoms with Gasteiger partial charge in [0.05, 0.1) is 18.3 Å². The van der Waals surface area contributed by atoms with Gasteiger partial charge in [0.25, 0.3) is 5.91 Å². The highest BCUT2D eigenvalue weighted by molar-refractivity contribution is 6.05. The number of benzene rings is 1. The maximum atomic E-state index is 12.5. The number of amides is 1. The van der Waals surface area contributed by atoms with Gasteiger partial charge in [0, 0.05) is 30.1 Å². The van der Waals surface area contributed by atoms with Crippen molar-refractivity contribution in [3.63, 3.8) is 0 Å². The fraction of sp³-hybridized carbons (Fsp3) is 0.133. The molecule has 0 unspecified atom stereocenters. The van der Waals surface area contributed by atoms with Crippen LogP contribution in [0.1, 0.15) is 16.1 Å². The van der Waals surface area contributed by atoms with Crippen LogP contribution in [0.3, 0.4) is 0 Å². The van der Waals surface area contributed by atoms with Crippen molar-refractivity contribution in [3.05, 3.63) is 64.3 Å². The summed E-state index contributed by atoms with van der Waals surface area (Å²) in [7, 11) is 1.65. The normalized spacial score (nSPS) is 10.7. The molecule has 0 bridgehead atoms. The van der Waals surface area contributed by atoms with Crippen molar-refractivity contribution in [2.75, 3.05) is 7.05 Å². The zero-order valence-electron chi connectivity index (χ0n) is 11.4. The molecule has 2 heterocycles. The smallest absolute Gasteiger partial charge is 0.254 e. The molecule has 3 rings (SSSR count). The van der Waals surface area contributed by atoms with E-state index in [9.17, 15) is 9.59 Å². The van der Waals surface area contributed by atoms with Crippen LogP contribution in [0.2, 0.25) is 0 Å². The van der Waals surface area contributed by atoms with Gasteiger partial charge in [-0.05, 0) is 6.07 Å². The Hall–Kier alpha value is -2.89. The van der Waals surface area contributed by atoms with Gasteiger partial charge in [0.15, 0.2) is 5.76 Å². The summed E-state index contributed by atoms with van der Waals surface area (Å²) in [6.07, 6.45) is 1.52. The molecule has 0 radical (unpaired) electrons. The molecule has 0 fully saturated rings. The van der Waals surface area contributed by atoms with E-state index in [-0.39, 0.29) is 11.5 Å². The molecule has 0 aliphatic carbocycles. The van der Waals surface area contributed by atoms with Crippen molar-refractivity contribution < 1.29 is 9.32 Å². The third-order valence-electron chi connectivity index (χ3n) is 3.21. The average molecular weight is 283 g/mol. The van der Waals surface area contributed by atoms with Gasteiger partial charge < -0.3 is 14.4 Å². The second kappa shape index (κ2) is 5.24. The molecule has 1 amide bonds. The summed E-state index contributed by atoms with van der Waals surface area (Å²) >= 11 is 0. The zero-order chi connectivity index (χ0) is 14.8. The highest BCUT2D eigenvalue weighted by Crippen LogP contribution is 2.17. The molecule has 6 nitrogen and oxygen atoms in total. The first-order chi connectivity index (χ1) is 10.1. The molecule has 0 saturated carbocycles. The van der Waals surface area contributed by atoms with Crippen molar-refractivity contribution >= 4 is 16.8 Å². The molecule has 1 aromatic carbocycles. The summed E-state index contributed by atoms with van der Waals surface area (Å²) in [5, 5.41) is 4.32. The fourth-order valence-corrected chi connectivity index (χ4v) is 2.22. The van der Waals surface area contributed by atoms with Crippen LogP contribution in [0.4, 0.5) is 0 Å². The molecule has 106 valence electrons. The number of para-hydroxylation sites is 1. The van der Waals surface area contributed by atoms with E-state index in [4.69, 9.17) is 4.52 Å². The number of carbonyl (C=O) groups excluding carboxylic acids is 1. The molecule has 21 heavy (non-hydrogen) atoms. The van der Waals surface area contributed by atoms with E-state index in [2.05, 4.69) is 10.1 Å². The molecule has 2 aromatic heterocycles. The maximum absolute atomic E-state index is 12.5. The summed E-state index contributed by atoms with van der Waals surface area (Å²) in [5.74, 6) is 0.341. The second-order valence-corrected chi connectivity index (χ2v) is 4.73. The number of hydrogen-bond donors (Lipinski definition) is 1. The summed E-state index contributed by atoms with van der Waals surface area (Å²) < 4.78 is 4.99. The Bertz CT molecular complexity index is 837. The number of pyridine rings is 1. The molecule has 0 aliphatic heterocycles. The van der Waals surface area contributed by atoms with Crippen LogP contribution in [0.5, 0.6) is 0 Å². The lowest BCUT2D eigenvalue weighted by Gasteiger charge is -2.16. The van der Waals surface area contributed by atoms with Crippen LogP contribution in [0, 0.1) is 0 Å². The SMILES string of the molecule is CN(Cc1ccno1)C(=O)c1cc(=O)[nH]c2ccccc12. The van der Waals surface area contributed by atoms with Gasteiger partial charge in [-0.25, -0.2) is 0 Å². The molecule has 0 atom stereocenters. The molecule has 0 spiro atoms. The standard InChI is InChI=1S/C15H13N3O3/c1-18(9-10-6-7-16-21-10)15(20)12-8-14(19)17-13-5-3-2-4-11(12)13/h2-8H,9H2,1H3,(H,17,19). The van der Waals surface area contributed by atoms with E-state index in [1.807, 2.05) is 12.1 Å². The summed E-state index contributed by atoms with van der Waals surface area (Å²) in [6.45, 7) is 0.292. The number of nitrogens with one attached hydrogen (secondary N) is 1. The number of carbonyl (C=O) groups is 1. The quantitative estimate of drug-likeness (QED) is 0.794. The van der Waals surface area contributed by atoms with Crippen molar-refractivity contribution in [1.82, 2.24) is 15.0 Å². The van der Waals surface area contributed by atoms with Crippen LogP contribution in [0.25, 0.3) is 10.9 Å². The third kappa shape index (κ3) is 2.55. The number of aromatic nitrogens is 2. The molecular weight excluding hydrogens is 270 g/mol. The Morgan fingerprint density at radius 1 is 1.33 bits per heavy atom. The zero-order valence-corrected chi connectivity index (χ0v) is 11.4. The Balaban J connectivity index is 1.99. The molecule has 0 saturated heterocycles. The van der Waals surface area contributed by atoms with Gasteiger partial charge in [-0.1, -0.05) is 23.4 Å². The molecule has 0 aliphatic rings. The molecular formula is C15H13N3O3. The maximum Gasteiger partial charge on any atom is 0.254 e. The van der Waals surface area contributed by atoms with Crippen LogP contribution in [-0.2, 0) is 6.54 Å². The molecule has 1 N–H and O–H groups in total. The Kier molecular flexibility index (Phi) is 3.27. The van der Waals surface area contributed by atoms with E-state index < -0.39 is 0 Å². The van der Waals surface area contributed by atoms with Crippen molar-refractivity contribution in [2.24, 2.45) is 0 Å². The minimum absolute atomic E-state index is 0.242. The Morgan fingerprint density at radius 2 is 2.14 bits per heavy atom. The summed E-state index contributed by atoms with van der Waals surface area (Å²) in [5.41, 5.74) is 0.711. The van der Waals surface area contributed by atoms with Gasteiger partial charge >= 0.3 is 0 Å². The number of rotatable bonds is 3. The topological polar surface area (TPSA) is 79.2 Å². The predicted octanol–water partition coefficient (Wildman–Crippen LogP) is 1.79. The predicted molar refractivity (Wildman–Crippen MR) is 76.9 cm³/mol. The number of hydrogen-bond acceptors (Lipinski definition) is 4. The van der Waals surface area contributed by atoms with Crippen molar-refractivity contribution in [2.45, 2.75) is 6.54 Å². The molecule has 3 aromatic rings. The first-order valence-electron chi connectivity index (χ1n) is 6.42. The van der Waals surface area contributed by atoms with E-state index in [0.717, 1.165) is 0 Å². The van der Waals surface area contributed by atoms with E-state index in [1.165, 1.54) is 17.2 Å². The minimum atomic E-state index is -0.301. The van der Waals surface area contributed by atoms with Crippen LogP contribution >= 0.6 is 0 Å². The average Bonchev–Trinajstić information content (AvgIpc) is 2.98. The van der Waals surface area contributed by atoms with Gasteiger partial charge in [-0.3, -0.25) is 9.59 Å². The minimum Gasteiger partial charge on any atom is -0.360 e. The highest BCUT2D eigenvalue weighted by Gasteiger charge is 2.17. The van der Waals surface area contributed by atoms with E-state index in [0.29, 0.717) is 28.8 Å². The first kappa shape index (κ1) is 13.1. The lowest BCUT2D eigenvalue weighted by Crippen LogP contribution is -2.27. The summed E-state index contributed by atoms with van der Waals surface area (Å²) in [6, 6.07) is 10.2. The number of fused-ring (bicyclic) bond motifs is 1. The number of H-pyrrole nitrogens is 1. The first-order valence-corrected chi connectivity index (χ1v) is 6.42. The van der Waals surface area contributed by atoms with Crippen molar-refractivity contribution in [3.8, 4) is 0 Å². The van der Waals surface area contributed by atoms with Crippen LogP contribution in [0.15, 0.2) is 51.9 Å².